The Morgan fingerprint density at radius 1 is 1.50 bits per heavy atom. The molecule has 4 heteroatoms. The quantitative estimate of drug-likeness (QED) is 0.665. The van der Waals surface area contributed by atoms with Crippen molar-refractivity contribution in [1.82, 2.24) is 15.5 Å². The molecule has 0 aromatic rings. The zero-order chi connectivity index (χ0) is 11.2. The number of nitrogens with one attached hydrogen (secondary N) is 2. The summed E-state index contributed by atoms with van der Waals surface area (Å²) in [6, 6.07) is 0. The second kappa shape index (κ2) is 3.70. The third kappa shape index (κ3) is 1.47. The molecular formula is C12H21N3O. The molecule has 1 saturated carbocycles. The van der Waals surface area contributed by atoms with Crippen LogP contribution in [0.1, 0.15) is 26.2 Å². The molecule has 2 saturated heterocycles. The van der Waals surface area contributed by atoms with Crippen LogP contribution in [0.3, 0.4) is 0 Å². The van der Waals surface area contributed by atoms with Crippen molar-refractivity contribution in [2.75, 3.05) is 26.2 Å². The Morgan fingerprint density at radius 2 is 2.38 bits per heavy atom. The van der Waals surface area contributed by atoms with Gasteiger partial charge in [0.25, 0.3) is 0 Å². The topological polar surface area (TPSA) is 44.4 Å². The Labute approximate surface area is 96.8 Å². The summed E-state index contributed by atoms with van der Waals surface area (Å²) in [6.45, 7) is 6.58. The lowest BCUT2D eigenvalue weighted by molar-refractivity contribution is -0.126. The molecule has 2 heterocycles. The van der Waals surface area contributed by atoms with Crippen molar-refractivity contribution in [3.05, 3.63) is 0 Å². The maximum atomic E-state index is 11.6. The molecule has 16 heavy (non-hydrogen) atoms. The Hall–Kier alpha value is -0.610. The lowest BCUT2D eigenvalue weighted by Gasteiger charge is -2.40. The molecule has 3 atom stereocenters. The van der Waals surface area contributed by atoms with Gasteiger partial charge >= 0.3 is 0 Å². The highest BCUT2D eigenvalue weighted by Gasteiger charge is 2.53. The van der Waals surface area contributed by atoms with Crippen LogP contribution in [-0.2, 0) is 4.79 Å². The van der Waals surface area contributed by atoms with E-state index < -0.39 is 0 Å². The summed E-state index contributed by atoms with van der Waals surface area (Å²) in [7, 11) is 0. The number of rotatable bonds is 1. The molecule has 0 bridgehead atoms. The van der Waals surface area contributed by atoms with Gasteiger partial charge in [0.1, 0.15) is 0 Å². The van der Waals surface area contributed by atoms with Gasteiger partial charge in [-0.25, -0.2) is 0 Å². The van der Waals surface area contributed by atoms with E-state index in [0.29, 0.717) is 12.3 Å². The number of amides is 1. The van der Waals surface area contributed by atoms with Crippen LogP contribution >= 0.6 is 0 Å². The minimum absolute atomic E-state index is 0.0656. The average Bonchev–Trinajstić information content (AvgIpc) is 2.81. The maximum absolute atomic E-state index is 11.6. The van der Waals surface area contributed by atoms with E-state index in [1.807, 2.05) is 0 Å². The first-order valence-electron chi connectivity index (χ1n) is 6.52. The Balaban J connectivity index is 1.79. The molecule has 3 fully saturated rings. The highest BCUT2D eigenvalue weighted by atomic mass is 16.2. The van der Waals surface area contributed by atoms with Crippen LogP contribution in [0.4, 0.5) is 0 Å². The van der Waals surface area contributed by atoms with Crippen molar-refractivity contribution in [3.8, 4) is 0 Å². The predicted octanol–water partition coefficient (Wildman–Crippen LogP) is 0.154. The van der Waals surface area contributed by atoms with E-state index in [0.717, 1.165) is 32.0 Å². The minimum Gasteiger partial charge on any atom is -0.338 e. The van der Waals surface area contributed by atoms with Gasteiger partial charge in [0.05, 0.1) is 5.66 Å². The van der Waals surface area contributed by atoms with Gasteiger partial charge in [0.2, 0.25) is 5.91 Å². The lowest BCUT2D eigenvalue weighted by Crippen LogP contribution is -2.66. The van der Waals surface area contributed by atoms with Crippen LogP contribution in [-0.4, -0.2) is 42.6 Å². The highest BCUT2D eigenvalue weighted by molar-refractivity contribution is 5.78. The first-order valence-corrected chi connectivity index (χ1v) is 6.52. The van der Waals surface area contributed by atoms with E-state index in [9.17, 15) is 4.79 Å². The molecule has 2 aliphatic heterocycles. The lowest BCUT2D eigenvalue weighted by atomic mass is 9.90. The number of hydrogen-bond acceptors (Lipinski definition) is 3. The molecule has 0 unspecified atom stereocenters. The van der Waals surface area contributed by atoms with E-state index in [4.69, 9.17) is 0 Å². The average molecular weight is 223 g/mol. The molecule has 4 nitrogen and oxygen atoms in total. The zero-order valence-electron chi connectivity index (χ0n) is 9.96. The largest absolute Gasteiger partial charge is 0.338 e. The monoisotopic (exact) mass is 223 g/mol. The second-order valence-electron chi connectivity index (χ2n) is 5.45. The number of fused-ring (bicyclic) bond motifs is 2. The fraction of sp³-hybridized carbons (Fsp3) is 0.917. The number of nitrogens with zero attached hydrogens (tertiary/aromatic N) is 1. The summed E-state index contributed by atoms with van der Waals surface area (Å²) in [6.07, 6.45) is 3.01. The molecule has 1 spiro atoms. The van der Waals surface area contributed by atoms with E-state index >= 15 is 0 Å². The predicted molar refractivity (Wildman–Crippen MR) is 61.8 cm³/mol. The fourth-order valence-electron chi connectivity index (χ4n) is 3.80. The van der Waals surface area contributed by atoms with Crippen LogP contribution in [0.25, 0.3) is 0 Å². The Morgan fingerprint density at radius 3 is 3.12 bits per heavy atom. The van der Waals surface area contributed by atoms with Gasteiger partial charge in [0, 0.05) is 32.0 Å². The SMILES string of the molecule is CCN1C[C@H]2CC[C@@]3(NCCC(=O)N3)[C@H]2C1. The van der Waals surface area contributed by atoms with Crippen molar-refractivity contribution >= 4 is 5.91 Å². The van der Waals surface area contributed by atoms with Gasteiger partial charge in [-0.05, 0) is 25.3 Å². The molecular weight excluding hydrogens is 202 g/mol. The zero-order valence-corrected chi connectivity index (χ0v) is 9.96. The van der Waals surface area contributed by atoms with Crippen LogP contribution < -0.4 is 10.6 Å². The van der Waals surface area contributed by atoms with Crippen molar-refractivity contribution < 1.29 is 4.79 Å². The first-order chi connectivity index (χ1) is 7.73. The van der Waals surface area contributed by atoms with Crippen molar-refractivity contribution in [1.29, 1.82) is 0 Å². The highest BCUT2D eigenvalue weighted by Crippen LogP contribution is 2.44. The molecule has 1 amide bonds. The molecule has 3 rings (SSSR count). The third-order valence-electron chi connectivity index (χ3n) is 4.66. The van der Waals surface area contributed by atoms with Crippen LogP contribution in [0.2, 0.25) is 0 Å². The first kappa shape index (κ1) is 10.5. The smallest absolute Gasteiger partial charge is 0.222 e. The van der Waals surface area contributed by atoms with Crippen LogP contribution in [0, 0.1) is 11.8 Å². The van der Waals surface area contributed by atoms with E-state index in [2.05, 4.69) is 22.5 Å². The molecule has 3 aliphatic rings. The number of likely N-dealkylation sites (tertiary alicyclic amines) is 1. The van der Waals surface area contributed by atoms with Crippen molar-refractivity contribution in [2.24, 2.45) is 11.8 Å². The summed E-state index contributed by atoms with van der Waals surface area (Å²) in [5, 5.41) is 6.81. The molecule has 0 aromatic heterocycles. The number of carbonyl (C=O) groups excluding carboxylic acids is 1. The van der Waals surface area contributed by atoms with Gasteiger partial charge in [-0.15, -0.1) is 0 Å². The van der Waals surface area contributed by atoms with E-state index in [1.54, 1.807) is 0 Å². The van der Waals surface area contributed by atoms with Gasteiger partial charge in [-0.3, -0.25) is 10.1 Å². The van der Waals surface area contributed by atoms with Crippen LogP contribution in [0.5, 0.6) is 0 Å². The van der Waals surface area contributed by atoms with Gasteiger partial charge in [0.15, 0.2) is 0 Å². The maximum Gasteiger partial charge on any atom is 0.222 e. The fourth-order valence-corrected chi connectivity index (χ4v) is 3.80. The summed E-state index contributed by atoms with van der Waals surface area (Å²) in [5.74, 6) is 1.64. The third-order valence-corrected chi connectivity index (χ3v) is 4.66. The Bertz CT molecular complexity index is 303. The van der Waals surface area contributed by atoms with Crippen LogP contribution in [0.15, 0.2) is 0 Å². The second-order valence-corrected chi connectivity index (χ2v) is 5.45. The summed E-state index contributed by atoms with van der Waals surface area (Å²) in [5.41, 5.74) is -0.0656. The molecule has 0 radical (unpaired) electrons. The minimum atomic E-state index is -0.0656. The molecule has 1 aliphatic carbocycles. The van der Waals surface area contributed by atoms with Crippen molar-refractivity contribution in [2.45, 2.75) is 31.8 Å². The van der Waals surface area contributed by atoms with E-state index in [1.165, 1.54) is 13.0 Å². The summed E-state index contributed by atoms with van der Waals surface area (Å²) >= 11 is 0. The van der Waals surface area contributed by atoms with Crippen molar-refractivity contribution in [3.63, 3.8) is 0 Å². The Kier molecular flexibility index (Phi) is 2.44. The number of carbonyl (C=O) groups is 1. The summed E-state index contributed by atoms with van der Waals surface area (Å²) in [4.78, 5) is 14.1. The molecule has 0 aromatic carbocycles. The van der Waals surface area contributed by atoms with Gasteiger partial charge in [-0.1, -0.05) is 6.92 Å². The summed E-state index contributed by atoms with van der Waals surface area (Å²) < 4.78 is 0. The van der Waals surface area contributed by atoms with Gasteiger partial charge in [-0.2, -0.15) is 0 Å². The van der Waals surface area contributed by atoms with Gasteiger partial charge < -0.3 is 10.2 Å². The van der Waals surface area contributed by atoms with E-state index in [-0.39, 0.29) is 11.6 Å². The number of hydrogen-bond donors (Lipinski definition) is 2. The normalized spacial score (nSPS) is 43.7. The standard InChI is InChI=1S/C12H21N3O/c1-2-15-7-9-3-5-12(10(9)8-15)13-6-4-11(16)14-12/h9-10,13H,2-8H2,1H3,(H,14,16)/t9-,10+,12+/m1/s1. The molecule has 2 N–H and O–H groups in total. The molecule has 90 valence electrons.